The van der Waals surface area contributed by atoms with E-state index in [0.717, 1.165) is 74.2 Å². The van der Waals surface area contributed by atoms with Crippen LogP contribution < -0.4 is 20.9 Å². The SMILES string of the molecule is CCCCCOC(=O)CC[C@@H](C)[C@H]1CC[C@H]2[C@@H]3CC(Oc4cccc(N)c4)C4CC(Oc5cccc(N)c5)CC[C@]4(C)[C@H]3CC[C@]12C. The van der Waals surface area contributed by atoms with Crippen LogP contribution in [-0.4, -0.2) is 24.8 Å². The largest absolute Gasteiger partial charge is 0.490 e. The van der Waals surface area contributed by atoms with Gasteiger partial charge in [-0.05, 0) is 129 Å². The van der Waals surface area contributed by atoms with Crippen molar-refractivity contribution >= 4 is 17.3 Å². The van der Waals surface area contributed by atoms with E-state index in [2.05, 4.69) is 33.8 Å². The monoisotopic (exact) mass is 644 g/mol. The third-order valence-corrected chi connectivity index (χ3v) is 13.5. The molecule has 258 valence electrons. The van der Waals surface area contributed by atoms with E-state index in [1.165, 1.54) is 25.7 Å². The number of carbonyl (C=O) groups is 1. The van der Waals surface area contributed by atoms with Crippen LogP contribution in [0.25, 0.3) is 0 Å². The van der Waals surface area contributed by atoms with Gasteiger partial charge in [0.2, 0.25) is 0 Å². The number of unbranched alkanes of at least 4 members (excludes halogenated alkanes) is 2. The predicted octanol–water partition coefficient (Wildman–Crippen LogP) is 9.46. The maximum atomic E-state index is 12.5. The summed E-state index contributed by atoms with van der Waals surface area (Å²) in [5.74, 6) is 5.37. The highest BCUT2D eigenvalue weighted by Crippen LogP contribution is 2.68. The van der Waals surface area contributed by atoms with Crippen LogP contribution in [0.1, 0.15) is 111 Å². The maximum Gasteiger partial charge on any atom is 0.305 e. The van der Waals surface area contributed by atoms with Crippen molar-refractivity contribution in [3.63, 3.8) is 0 Å². The van der Waals surface area contributed by atoms with E-state index in [0.29, 0.717) is 54.0 Å². The summed E-state index contributed by atoms with van der Waals surface area (Å²) in [6.45, 7) is 10.3. The molecular weight excluding hydrogens is 584 g/mol. The average Bonchev–Trinajstić information content (AvgIpc) is 3.40. The zero-order chi connectivity index (χ0) is 33.2. The summed E-state index contributed by atoms with van der Waals surface area (Å²) in [5.41, 5.74) is 14.3. The second-order valence-corrected chi connectivity index (χ2v) is 16.2. The van der Waals surface area contributed by atoms with Crippen LogP contribution in [0.15, 0.2) is 48.5 Å². The quantitative estimate of drug-likeness (QED) is 0.136. The smallest absolute Gasteiger partial charge is 0.305 e. The van der Waals surface area contributed by atoms with Crippen LogP contribution in [0.4, 0.5) is 11.4 Å². The number of fused-ring (bicyclic) bond motifs is 5. The minimum Gasteiger partial charge on any atom is -0.490 e. The molecule has 6 rings (SSSR count). The molecule has 0 aromatic heterocycles. The summed E-state index contributed by atoms with van der Waals surface area (Å²) in [5, 5.41) is 0. The number of esters is 1. The fourth-order valence-corrected chi connectivity index (χ4v) is 11.1. The molecular formula is C41H60N2O4. The molecule has 6 nitrogen and oxygen atoms in total. The lowest BCUT2D eigenvalue weighted by molar-refractivity contribution is -0.164. The van der Waals surface area contributed by atoms with Gasteiger partial charge in [-0.2, -0.15) is 0 Å². The number of hydrogen-bond donors (Lipinski definition) is 2. The molecule has 47 heavy (non-hydrogen) atoms. The third kappa shape index (κ3) is 7.13. The molecule has 4 N–H and O–H groups in total. The van der Waals surface area contributed by atoms with Gasteiger partial charge in [-0.25, -0.2) is 0 Å². The summed E-state index contributed by atoms with van der Waals surface area (Å²) < 4.78 is 19.2. The van der Waals surface area contributed by atoms with Gasteiger partial charge in [-0.1, -0.05) is 52.7 Å². The Bertz CT molecular complexity index is 1360. The zero-order valence-corrected chi connectivity index (χ0v) is 29.4. The Kier molecular flexibility index (Phi) is 10.3. The van der Waals surface area contributed by atoms with Gasteiger partial charge in [-0.3, -0.25) is 4.79 Å². The molecule has 0 aliphatic heterocycles. The van der Waals surface area contributed by atoms with Crippen molar-refractivity contribution in [2.24, 2.45) is 46.3 Å². The average molecular weight is 645 g/mol. The van der Waals surface area contributed by atoms with Crippen molar-refractivity contribution < 1.29 is 19.0 Å². The van der Waals surface area contributed by atoms with Crippen molar-refractivity contribution in [1.82, 2.24) is 0 Å². The first-order valence-electron chi connectivity index (χ1n) is 18.8. The molecule has 4 fully saturated rings. The number of benzene rings is 2. The van der Waals surface area contributed by atoms with Crippen LogP contribution in [0, 0.1) is 46.3 Å². The minimum absolute atomic E-state index is 0.0144. The molecule has 0 heterocycles. The molecule has 4 aliphatic carbocycles. The number of rotatable bonds is 12. The molecule has 0 spiro atoms. The van der Waals surface area contributed by atoms with Crippen molar-refractivity contribution in [2.75, 3.05) is 18.1 Å². The lowest BCUT2D eigenvalue weighted by Crippen LogP contribution is -2.59. The standard InChI is InChI=1S/C41H60N2O4/c1-5-6-7-22-45-39(44)17-14-27(2)34-15-16-35-33-26-38(47-31-13-9-11-29(43)24-31)37-25-32(46-30-12-8-10-28(42)23-30)18-20-41(37,4)36(33)19-21-40(34,35)3/h8-13,23-24,27,32-38H,5-7,14-22,25-26,42-43H2,1-4H3/t27-,32?,33+,34-,35+,36+,37?,38?,40-,41-/m1/s1. The Morgan fingerprint density at radius 1 is 0.851 bits per heavy atom. The summed E-state index contributed by atoms with van der Waals surface area (Å²) >= 11 is 0. The van der Waals surface area contributed by atoms with Crippen LogP contribution in [0.2, 0.25) is 0 Å². The van der Waals surface area contributed by atoms with Crippen LogP contribution in [0.3, 0.4) is 0 Å². The fraction of sp³-hybridized carbons (Fsp3) is 0.683. The van der Waals surface area contributed by atoms with E-state index in [1.54, 1.807) is 0 Å². The molecule has 4 aliphatic rings. The number of hydrogen-bond acceptors (Lipinski definition) is 6. The summed E-state index contributed by atoms with van der Waals surface area (Å²) in [6, 6.07) is 15.8. The van der Waals surface area contributed by atoms with Crippen LogP contribution in [0.5, 0.6) is 11.5 Å². The van der Waals surface area contributed by atoms with E-state index in [4.69, 9.17) is 25.7 Å². The Hall–Kier alpha value is -2.89. The highest BCUT2D eigenvalue weighted by atomic mass is 16.5. The van der Waals surface area contributed by atoms with Crippen LogP contribution in [-0.2, 0) is 9.53 Å². The Morgan fingerprint density at radius 2 is 1.53 bits per heavy atom. The predicted molar refractivity (Wildman–Crippen MR) is 190 cm³/mol. The second-order valence-electron chi connectivity index (χ2n) is 16.2. The molecule has 0 bridgehead atoms. The third-order valence-electron chi connectivity index (χ3n) is 13.5. The summed E-state index contributed by atoms with van der Waals surface area (Å²) in [4.78, 5) is 12.5. The van der Waals surface area contributed by atoms with Crippen LogP contribution >= 0.6 is 0 Å². The number of ether oxygens (including phenoxy) is 3. The van der Waals surface area contributed by atoms with E-state index in [1.807, 2.05) is 42.5 Å². The lowest BCUT2D eigenvalue weighted by atomic mass is 9.43. The molecule has 0 amide bonds. The summed E-state index contributed by atoms with van der Waals surface area (Å²) in [6.07, 6.45) is 14.5. The van der Waals surface area contributed by atoms with Gasteiger partial charge in [0.05, 0.1) is 12.7 Å². The molecule has 4 saturated carbocycles. The number of nitrogens with two attached hydrogens (primary N) is 2. The molecule has 0 saturated heterocycles. The highest BCUT2D eigenvalue weighted by Gasteiger charge is 2.63. The van der Waals surface area contributed by atoms with Gasteiger partial charge < -0.3 is 25.7 Å². The normalized spacial score (nSPS) is 35.2. The number of carbonyl (C=O) groups excluding carboxylic acids is 1. The van der Waals surface area contributed by atoms with Gasteiger partial charge in [0.1, 0.15) is 17.6 Å². The van der Waals surface area contributed by atoms with E-state index in [-0.39, 0.29) is 23.6 Å². The maximum absolute atomic E-state index is 12.5. The van der Waals surface area contributed by atoms with E-state index < -0.39 is 0 Å². The van der Waals surface area contributed by atoms with Crippen molar-refractivity contribution in [3.05, 3.63) is 48.5 Å². The first-order valence-corrected chi connectivity index (χ1v) is 18.8. The van der Waals surface area contributed by atoms with Gasteiger partial charge in [0.25, 0.3) is 0 Å². The van der Waals surface area contributed by atoms with Gasteiger partial charge in [0, 0.05) is 35.8 Å². The molecule has 2 aromatic carbocycles. The first kappa shape index (κ1) is 34.0. The van der Waals surface area contributed by atoms with Gasteiger partial charge in [-0.15, -0.1) is 0 Å². The van der Waals surface area contributed by atoms with E-state index in [9.17, 15) is 4.79 Å². The van der Waals surface area contributed by atoms with Crippen molar-refractivity contribution in [1.29, 1.82) is 0 Å². The molecule has 6 heteroatoms. The fourth-order valence-electron chi connectivity index (χ4n) is 11.1. The van der Waals surface area contributed by atoms with Crippen molar-refractivity contribution in [2.45, 2.75) is 123 Å². The van der Waals surface area contributed by atoms with Crippen molar-refractivity contribution in [3.8, 4) is 11.5 Å². The molecule has 0 radical (unpaired) electrons. The Balaban J connectivity index is 1.19. The zero-order valence-electron chi connectivity index (χ0n) is 29.4. The Morgan fingerprint density at radius 3 is 2.23 bits per heavy atom. The highest BCUT2D eigenvalue weighted by molar-refractivity contribution is 5.69. The minimum atomic E-state index is -0.0144. The van der Waals surface area contributed by atoms with E-state index >= 15 is 0 Å². The summed E-state index contributed by atoms with van der Waals surface area (Å²) in [7, 11) is 0. The molecule has 3 unspecified atom stereocenters. The Labute approximate surface area is 283 Å². The second kappa shape index (κ2) is 14.3. The van der Waals surface area contributed by atoms with Gasteiger partial charge in [0.15, 0.2) is 0 Å². The topological polar surface area (TPSA) is 96.8 Å². The number of nitrogen functional groups attached to an aromatic ring is 2. The van der Waals surface area contributed by atoms with Gasteiger partial charge >= 0.3 is 5.97 Å². The first-order chi connectivity index (χ1) is 22.6. The molecule has 10 atom stereocenters. The lowest BCUT2D eigenvalue weighted by Gasteiger charge is -2.63. The molecule has 2 aromatic rings. The number of anilines is 2.